The molecule has 0 heterocycles. The molecule has 0 radical (unpaired) electrons. The minimum Gasteiger partial charge on any atom is -0.483 e. The van der Waals surface area contributed by atoms with Gasteiger partial charge in [0.2, 0.25) is 0 Å². The smallest absolute Gasteiger partial charge is 0.277 e. The number of carbonyl (C=O) groups excluding carboxylic acids is 1. The first-order valence-electron chi connectivity index (χ1n) is 9.21. The molecule has 0 saturated carbocycles. The maximum Gasteiger partial charge on any atom is 0.277 e. The Hall–Kier alpha value is -2.62. The first-order valence-corrected chi connectivity index (χ1v) is 9.21. The fourth-order valence-electron chi connectivity index (χ4n) is 2.61. The van der Waals surface area contributed by atoms with Crippen LogP contribution in [0.3, 0.4) is 0 Å². The quantitative estimate of drug-likeness (QED) is 0.401. The van der Waals surface area contributed by atoms with Crippen LogP contribution >= 0.6 is 0 Å². The highest BCUT2D eigenvalue weighted by atomic mass is 16.5. The monoisotopic (exact) mass is 352 g/mol. The minimum atomic E-state index is -0.255. The third kappa shape index (κ3) is 6.36. The molecule has 0 aromatic heterocycles. The van der Waals surface area contributed by atoms with E-state index in [1.807, 2.05) is 62.4 Å². The van der Waals surface area contributed by atoms with Crippen molar-refractivity contribution < 1.29 is 9.53 Å². The van der Waals surface area contributed by atoms with Crippen LogP contribution in [0, 0.1) is 13.8 Å². The standard InChI is InChI=1S/C22H28N2O2/c1-4-5-7-12-20(19-10-8-6-9-11-19)23-24-22(25)16-26-21-15-17(2)13-14-18(21)3/h6,8-11,13-15H,4-5,7,12,16H2,1-3H3,(H,24,25)/b23-20+. The number of unbranched alkanes of at least 4 members (excludes halogenated alkanes) is 2. The van der Waals surface area contributed by atoms with E-state index in [0.29, 0.717) is 0 Å². The number of amides is 1. The molecule has 0 atom stereocenters. The summed E-state index contributed by atoms with van der Waals surface area (Å²) in [6.07, 6.45) is 4.20. The van der Waals surface area contributed by atoms with Gasteiger partial charge in [0.25, 0.3) is 5.91 Å². The van der Waals surface area contributed by atoms with Gasteiger partial charge in [-0.2, -0.15) is 5.10 Å². The van der Waals surface area contributed by atoms with Crippen molar-refractivity contribution in [3.05, 3.63) is 65.2 Å². The van der Waals surface area contributed by atoms with Crippen molar-refractivity contribution in [2.75, 3.05) is 6.61 Å². The Balaban J connectivity index is 1.96. The summed E-state index contributed by atoms with van der Waals surface area (Å²) in [5.74, 6) is 0.477. The van der Waals surface area contributed by atoms with Crippen molar-refractivity contribution in [2.45, 2.75) is 46.5 Å². The van der Waals surface area contributed by atoms with Crippen LogP contribution in [0.5, 0.6) is 5.75 Å². The van der Waals surface area contributed by atoms with Gasteiger partial charge < -0.3 is 4.74 Å². The first kappa shape index (κ1) is 19.7. The Morgan fingerprint density at radius 3 is 2.58 bits per heavy atom. The third-order valence-corrected chi connectivity index (χ3v) is 4.14. The number of hydrogen-bond donors (Lipinski definition) is 1. The Morgan fingerprint density at radius 2 is 1.85 bits per heavy atom. The summed E-state index contributed by atoms with van der Waals surface area (Å²) in [6, 6.07) is 15.9. The molecule has 2 aromatic carbocycles. The molecule has 26 heavy (non-hydrogen) atoms. The van der Waals surface area contributed by atoms with Gasteiger partial charge in [-0.1, -0.05) is 62.2 Å². The van der Waals surface area contributed by atoms with E-state index in [4.69, 9.17) is 4.74 Å². The summed E-state index contributed by atoms with van der Waals surface area (Å²) < 4.78 is 5.63. The van der Waals surface area contributed by atoms with E-state index in [1.165, 1.54) is 0 Å². The molecule has 0 aliphatic heterocycles. The average molecular weight is 352 g/mol. The highest BCUT2D eigenvalue weighted by Crippen LogP contribution is 2.18. The lowest BCUT2D eigenvalue weighted by Crippen LogP contribution is -2.26. The zero-order valence-corrected chi connectivity index (χ0v) is 15.9. The van der Waals surface area contributed by atoms with Gasteiger partial charge >= 0.3 is 0 Å². The summed E-state index contributed by atoms with van der Waals surface area (Å²) in [4.78, 5) is 12.1. The number of hydrazone groups is 1. The van der Waals surface area contributed by atoms with Crippen LogP contribution in [-0.4, -0.2) is 18.2 Å². The van der Waals surface area contributed by atoms with E-state index in [2.05, 4.69) is 17.5 Å². The lowest BCUT2D eigenvalue weighted by Gasteiger charge is -2.10. The average Bonchev–Trinajstić information content (AvgIpc) is 2.66. The Labute approximate surface area is 156 Å². The predicted octanol–water partition coefficient (Wildman–Crippen LogP) is 4.78. The van der Waals surface area contributed by atoms with E-state index in [1.54, 1.807) is 0 Å². The molecular formula is C22H28N2O2. The second kappa shape index (κ2) is 10.4. The Kier molecular flexibility index (Phi) is 7.87. The second-order valence-corrected chi connectivity index (χ2v) is 6.47. The van der Waals surface area contributed by atoms with E-state index in [0.717, 1.165) is 53.8 Å². The van der Waals surface area contributed by atoms with Crippen LogP contribution in [0.15, 0.2) is 53.6 Å². The number of hydrogen-bond acceptors (Lipinski definition) is 3. The van der Waals surface area contributed by atoms with Crippen molar-refractivity contribution in [1.82, 2.24) is 5.43 Å². The number of carbonyl (C=O) groups is 1. The van der Waals surface area contributed by atoms with Gasteiger partial charge in [0, 0.05) is 0 Å². The van der Waals surface area contributed by atoms with Crippen molar-refractivity contribution in [1.29, 1.82) is 0 Å². The van der Waals surface area contributed by atoms with Crippen molar-refractivity contribution in [3.8, 4) is 5.75 Å². The molecule has 4 heteroatoms. The molecule has 0 saturated heterocycles. The molecule has 1 N–H and O–H groups in total. The van der Waals surface area contributed by atoms with Gasteiger partial charge in [-0.05, 0) is 49.4 Å². The maximum atomic E-state index is 12.1. The van der Waals surface area contributed by atoms with Gasteiger partial charge in [0.05, 0.1) is 5.71 Å². The molecule has 0 unspecified atom stereocenters. The van der Waals surface area contributed by atoms with Crippen molar-refractivity contribution in [2.24, 2.45) is 5.10 Å². The van der Waals surface area contributed by atoms with Crippen LogP contribution in [0.1, 0.15) is 49.3 Å². The number of nitrogens with zero attached hydrogens (tertiary/aromatic N) is 1. The lowest BCUT2D eigenvalue weighted by molar-refractivity contribution is -0.123. The normalized spacial score (nSPS) is 11.3. The number of ether oxygens (including phenoxy) is 1. The lowest BCUT2D eigenvalue weighted by atomic mass is 10.0. The molecule has 1 amide bonds. The van der Waals surface area contributed by atoms with Crippen LogP contribution in [0.25, 0.3) is 0 Å². The highest BCUT2D eigenvalue weighted by Gasteiger charge is 2.07. The van der Waals surface area contributed by atoms with E-state index in [-0.39, 0.29) is 12.5 Å². The molecule has 0 bridgehead atoms. The molecule has 0 fully saturated rings. The molecule has 0 aliphatic carbocycles. The Morgan fingerprint density at radius 1 is 1.08 bits per heavy atom. The topological polar surface area (TPSA) is 50.7 Å². The molecule has 138 valence electrons. The number of aryl methyl sites for hydroxylation is 2. The summed E-state index contributed by atoms with van der Waals surface area (Å²) in [5, 5.41) is 4.36. The number of nitrogens with one attached hydrogen (secondary N) is 1. The van der Waals surface area contributed by atoms with E-state index < -0.39 is 0 Å². The van der Waals surface area contributed by atoms with Gasteiger partial charge in [0.1, 0.15) is 5.75 Å². The largest absolute Gasteiger partial charge is 0.483 e. The third-order valence-electron chi connectivity index (χ3n) is 4.14. The van der Waals surface area contributed by atoms with Crippen LogP contribution in [0.4, 0.5) is 0 Å². The molecule has 0 spiro atoms. The maximum absolute atomic E-state index is 12.1. The fraction of sp³-hybridized carbons (Fsp3) is 0.364. The minimum absolute atomic E-state index is 0.0508. The van der Waals surface area contributed by atoms with Crippen molar-refractivity contribution in [3.63, 3.8) is 0 Å². The van der Waals surface area contributed by atoms with Gasteiger partial charge in [0.15, 0.2) is 6.61 Å². The van der Waals surface area contributed by atoms with Gasteiger partial charge in [-0.25, -0.2) is 5.43 Å². The molecule has 4 nitrogen and oxygen atoms in total. The number of rotatable bonds is 9. The SMILES string of the molecule is CCCCC/C(=N\NC(=O)COc1cc(C)ccc1C)c1ccccc1. The zero-order chi connectivity index (χ0) is 18.8. The fourth-order valence-corrected chi connectivity index (χ4v) is 2.61. The molecule has 2 aromatic rings. The summed E-state index contributed by atoms with van der Waals surface area (Å²) >= 11 is 0. The summed E-state index contributed by atoms with van der Waals surface area (Å²) in [5.41, 5.74) is 6.69. The summed E-state index contributed by atoms with van der Waals surface area (Å²) in [7, 11) is 0. The van der Waals surface area contributed by atoms with Crippen LogP contribution in [0.2, 0.25) is 0 Å². The zero-order valence-electron chi connectivity index (χ0n) is 15.9. The summed E-state index contributed by atoms with van der Waals surface area (Å²) in [6.45, 7) is 6.09. The van der Waals surface area contributed by atoms with Crippen LogP contribution in [-0.2, 0) is 4.79 Å². The highest BCUT2D eigenvalue weighted by molar-refractivity contribution is 6.01. The van der Waals surface area contributed by atoms with Gasteiger partial charge in [-0.15, -0.1) is 0 Å². The van der Waals surface area contributed by atoms with Crippen LogP contribution < -0.4 is 10.2 Å². The Bertz CT molecular complexity index is 739. The first-order chi connectivity index (χ1) is 12.6. The van der Waals surface area contributed by atoms with E-state index >= 15 is 0 Å². The molecule has 0 aliphatic rings. The molecule has 2 rings (SSSR count). The number of benzene rings is 2. The van der Waals surface area contributed by atoms with Crippen molar-refractivity contribution >= 4 is 11.6 Å². The van der Waals surface area contributed by atoms with Gasteiger partial charge in [-0.3, -0.25) is 4.79 Å². The predicted molar refractivity (Wildman–Crippen MR) is 107 cm³/mol. The second-order valence-electron chi connectivity index (χ2n) is 6.47. The molecular weight excluding hydrogens is 324 g/mol. The van der Waals surface area contributed by atoms with E-state index in [9.17, 15) is 4.79 Å².